The Hall–Kier alpha value is -3.39. The van der Waals surface area contributed by atoms with Crippen LogP contribution in [0.3, 0.4) is 0 Å². The molecule has 3 aliphatic rings. The topological polar surface area (TPSA) is 105 Å². The molecule has 2 aliphatic carbocycles. The van der Waals surface area contributed by atoms with Crippen LogP contribution in [0.15, 0.2) is 48.5 Å². The minimum absolute atomic E-state index is 0.0407. The third-order valence-electron chi connectivity index (χ3n) is 7.43. The van der Waals surface area contributed by atoms with Gasteiger partial charge in [-0.15, -0.1) is 0 Å². The molecular formula is C27H30N2O6. The van der Waals surface area contributed by atoms with Crippen molar-refractivity contribution in [3.05, 3.63) is 59.7 Å². The molecule has 0 spiro atoms. The molecule has 1 aliphatic heterocycles. The Labute approximate surface area is 204 Å². The zero-order valence-corrected chi connectivity index (χ0v) is 19.7. The van der Waals surface area contributed by atoms with Crippen molar-refractivity contribution in [1.82, 2.24) is 10.2 Å². The molecule has 184 valence electrons. The van der Waals surface area contributed by atoms with Crippen LogP contribution in [0.5, 0.6) is 0 Å². The fourth-order valence-electron chi connectivity index (χ4n) is 5.41. The van der Waals surface area contributed by atoms with Gasteiger partial charge >= 0.3 is 12.1 Å². The molecule has 2 amide bonds. The van der Waals surface area contributed by atoms with Gasteiger partial charge in [-0.1, -0.05) is 48.5 Å². The summed E-state index contributed by atoms with van der Waals surface area (Å²) in [4.78, 5) is 38.8. The van der Waals surface area contributed by atoms with Crippen LogP contribution >= 0.6 is 0 Å². The molecule has 0 bridgehead atoms. The number of rotatable bonds is 8. The summed E-state index contributed by atoms with van der Waals surface area (Å²) in [5.74, 6) is -1.16. The van der Waals surface area contributed by atoms with Crippen molar-refractivity contribution in [3.63, 3.8) is 0 Å². The van der Waals surface area contributed by atoms with Crippen molar-refractivity contribution in [2.75, 3.05) is 20.3 Å². The standard InChI is InChI=1S/C27H30N2O6/c1-34-17-12-24(26(31)32)29(14-17)25(30)13-23(16-10-11-16)28-27(33)35-15-22-20-8-4-2-6-18(20)19-7-3-5-9-21(19)22/h2-9,16-17,22-24H,10-15H2,1H3,(H,28,33)(H,31,32). The first-order chi connectivity index (χ1) is 17.0. The maximum absolute atomic E-state index is 13.0. The predicted octanol–water partition coefficient (Wildman–Crippen LogP) is 3.39. The lowest BCUT2D eigenvalue weighted by atomic mass is 9.98. The number of hydrogen-bond donors (Lipinski definition) is 2. The summed E-state index contributed by atoms with van der Waals surface area (Å²) < 4.78 is 10.9. The van der Waals surface area contributed by atoms with E-state index in [0.717, 1.165) is 35.1 Å². The van der Waals surface area contributed by atoms with Crippen LogP contribution in [0.25, 0.3) is 11.1 Å². The van der Waals surface area contributed by atoms with E-state index in [1.54, 1.807) is 0 Å². The Kier molecular flexibility index (Phi) is 6.47. The van der Waals surface area contributed by atoms with Gasteiger partial charge in [-0.25, -0.2) is 9.59 Å². The minimum atomic E-state index is -1.04. The third-order valence-corrected chi connectivity index (χ3v) is 7.43. The van der Waals surface area contributed by atoms with E-state index in [9.17, 15) is 19.5 Å². The molecule has 2 fully saturated rings. The van der Waals surface area contributed by atoms with E-state index in [4.69, 9.17) is 9.47 Å². The number of aliphatic carboxylic acids is 1. The van der Waals surface area contributed by atoms with Crippen LogP contribution in [0.4, 0.5) is 4.79 Å². The fraction of sp³-hybridized carbons (Fsp3) is 0.444. The molecule has 1 saturated carbocycles. The van der Waals surface area contributed by atoms with Gasteiger partial charge in [0.1, 0.15) is 12.6 Å². The second kappa shape index (κ2) is 9.70. The van der Waals surface area contributed by atoms with Crippen molar-refractivity contribution in [2.45, 2.75) is 49.8 Å². The Morgan fingerprint density at radius 1 is 1.06 bits per heavy atom. The monoisotopic (exact) mass is 478 g/mol. The number of nitrogens with zero attached hydrogens (tertiary/aromatic N) is 1. The van der Waals surface area contributed by atoms with Crippen molar-refractivity contribution in [2.24, 2.45) is 5.92 Å². The van der Waals surface area contributed by atoms with Crippen LogP contribution in [0, 0.1) is 5.92 Å². The molecule has 2 aromatic carbocycles. The molecule has 1 saturated heterocycles. The molecule has 3 unspecified atom stereocenters. The summed E-state index contributed by atoms with van der Waals surface area (Å²) >= 11 is 0. The van der Waals surface area contributed by atoms with Gasteiger partial charge < -0.3 is 24.8 Å². The van der Waals surface area contributed by atoms with E-state index in [0.29, 0.717) is 0 Å². The number of carbonyl (C=O) groups is 3. The smallest absolute Gasteiger partial charge is 0.407 e. The van der Waals surface area contributed by atoms with Gasteiger partial charge in [0.2, 0.25) is 5.91 Å². The van der Waals surface area contributed by atoms with E-state index >= 15 is 0 Å². The Bertz CT molecular complexity index is 1080. The zero-order valence-electron chi connectivity index (χ0n) is 19.7. The Morgan fingerprint density at radius 2 is 1.69 bits per heavy atom. The molecular weight excluding hydrogens is 448 g/mol. The van der Waals surface area contributed by atoms with Crippen LogP contribution in [-0.4, -0.2) is 66.4 Å². The van der Waals surface area contributed by atoms with Crippen LogP contribution in [0.2, 0.25) is 0 Å². The predicted molar refractivity (Wildman–Crippen MR) is 128 cm³/mol. The van der Waals surface area contributed by atoms with Gasteiger partial charge in [-0.05, 0) is 41.0 Å². The van der Waals surface area contributed by atoms with Crippen molar-refractivity contribution >= 4 is 18.0 Å². The quantitative estimate of drug-likeness (QED) is 0.603. The average molecular weight is 479 g/mol. The number of carboxylic acids is 1. The molecule has 2 N–H and O–H groups in total. The normalized spacial score (nSPS) is 21.8. The average Bonchev–Trinajstić information content (AvgIpc) is 3.53. The van der Waals surface area contributed by atoms with Gasteiger partial charge in [0.15, 0.2) is 0 Å². The highest BCUT2D eigenvalue weighted by Crippen LogP contribution is 2.44. The number of methoxy groups -OCH3 is 1. The van der Waals surface area contributed by atoms with Crippen molar-refractivity contribution < 1.29 is 29.0 Å². The van der Waals surface area contributed by atoms with Crippen LogP contribution in [0.1, 0.15) is 42.7 Å². The Morgan fingerprint density at radius 3 is 2.26 bits per heavy atom. The number of ether oxygens (including phenoxy) is 2. The second-order valence-electron chi connectivity index (χ2n) is 9.61. The molecule has 0 aromatic heterocycles. The Balaban J connectivity index is 1.21. The lowest BCUT2D eigenvalue weighted by Crippen LogP contribution is -2.45. The molecule has 35 heavy (non-hydrogen) atoms. The lowest BCUT2D eigenvalue weighted by molar-refractivity contribution is -0.148. The molecule has 2 aromatic rings. The van der Waals surface area contributed by atoms with Gasteiger partial charge in [0, 0.05) is 38.5 Å². The number of amides is 2. The van der Waals surface area contributed by atoms with E-state index in [1.807, 2.05) is 24.3 Å². The van der Waals surface area contributed by atoms with E-state index in [-0.39, 0.29) is 55.9 Å². The number of alkyl carbamates (subject to hydrolysis) is 1. The number of nitrogens with one attached hydrogen (secondary N) is 1. The van der Waals surface area contributed by atoms with Gasteiger partial charge in [-0.3, -0.25) is 4.79 Å². The number of benzene rings is 2. The summed E-state index contributed by atoms with van der Waals surface area (Å²) in [6.45, 7) is 0.447. The van der Waals surface area contributed by atoms with Gasteiger partial charge in [-0.2, -0.15) is 0 Å². The molecule has 1 heterocycles. The van der Waals surface area contributed by atoms with E-state index in [1.165, 1.54) is 12.0 Å². The summed E-state index contributed by atoms with van der Waals surface area (Å²) in [5, 5.41) is 12.4. The lowest BCUT2D eigenvalue weighted by Gasteiger charge is -2.25. The van der Waals surface area contributed by atoms with Crippen molar-refractivity contribution in [3.8, 4) is 11.1 Å². The van der Waals surface area contributed by atoms with Crippen LogP contribution < -0.4 is 5.32 Å². The SMILES string of the molecule is COC1CC(C(=O)O)N(C(=O)CC(NC(=O)OCC2c3ccccc3-c3ccccc32)C2CC2)C1. The first kappa shape index (κ1) is 23.4. The summed E-state index contributed by atoms with van der Waals surface area (Å²) in [5.41, 5.74) is 4.59. The number of fused-ring (bicyclic) bond motifs is 3. The maximum Gasteiger partial charge on any atom is 0.407 e. The third kappa shape index (κ3) is 4.75. The van der Waals surface area contributed by atoms with E-state index < -0.39 is 18.1 Å². The van der Waals surface area contributed by atoms with Crippen molar-refractivity contribution in [1.29, 1.82) is 0 Å². The summed E-state index contributed by atoms with van der Waals surface area (Å²) in [7, 11) is 1.52. The number of carboxylic acid groups (broad SMARTS) is 1. The molecule has 8 nitrogen and oxygen atoms in total. The highest BCUT2D eigenvalue weighted by atomic mass is 16.5. The second-order valence-corrected chi connectivity index (χ2v) is 9.61. The summed E-state index contributed by atoms with van der Waals surface area (Å²) in [6, 6.07) is 15.0. The first-order valence-electron chi connectivity index (χ1n) is 12.1. The minimum Gasteiger partial charge on any atom is -0.480 e. The summed E-state index contributed by atoms with van der Waals surface area (Å²) in [6.07, 6.45) is 1.31. The molecule has 5 rings (SSSR count). The number of carbonyl (C=O) groups excluding carboxylic acids is 2. The highest BCUT2D eigenvalue weighted by molar-refractivity contribution is 5.85. The zero-order chi connectivity index (χ0) is 24.5. The molecule has 0 radical (unpaired) electrons. The van der Waals surface area contributed by atoms with E-state index in [2.05, 4.69) is 29.6 Å². The number of likely N-dealkylation sites (tertiary alicyclic amines) is 1. The van der Waals surface area contributed by atoms with Gasteiger partial charge in [0.05, 0.1) is 6.10 Å². The van der Waals surface area contributed by atoms with Crippen LogP contribution in [-0.2, 0) is 19.1 Å². The fourth-order valence-corrected chi connectivity index (χ4v) is 5.41. The highest BCUT2D eigenvalue weighted by Gasteiger charge is 2.42. The maximum atomic E-state index is 13.0. The first-order valence-corrected chi connectivity index (χ1v) is 12.1. The van der Waals surface area contributed by atoms with Gasteiger partial charge in [0.25, 0.3) is 0 Å². The largest absolute Gasteiger partial charge is 0.480 e. The number of hydrogen-bond acceptors (Lipinski definition) is 5. The molecule has 8 heteroatoms. The molecule has 3 atom stereocenters.